The van der Waals surface area contributed by atoms with Gasteiger partial charge in [-0.05, 0) is 68.0 Å². The largest absolute Gasteiger partial charge is 0.493 e. The second-order valence-corrected chi connectivity index (χ2v) is 7.34. The van der Waals surface area contributed by atoms with Gasteiger partial charge in [0.1, 0.15) is 5.75 Å². The third kappa shape index (κ3) is 3.36. The number of aryl methyl sites for hydroxylation is 3. The van der Waals surface area contributed by atoms with E-state index in [1.165, 1.54) is 38.9 Å². The quantitative estimate of drug-likeness (QED) is 0.667. The Kier molecular flexibility index (Phi) is 4.98. The van der Waals surface area contributed by atoms with Gasteiger partial charge in [-0.25, -0.2) is 0 Å². The molecular formula is C23H28N2O. The molecule has 0 saturated carbocycles. The fourth-order valence-electron chi connectivity index (χ4n) is 4.16. The van der Waals surface area contributed by atoms with Gasteiger partial charge < -0.3 is 15.0 Å². The maximum atomic E-state index is 6.10. The van der Waals surface area contributed by atoms with E-state index in [1.54, 1.807) is 0 Å². The molecule has 0 radical (unpaired) electrons. The average Bonchev–Trinajstić information content (AvgIpc) is 2.83. The number of hydrogen-bond acceptors (Lipinski definition) is 2. The first-order valence-electron chi connectivity index (χ1n) is 9.75. The topological polar surface area (TPSA) is 37.0 Å². The zero-order valence-electron chi connectivity index (χ0n) is 15.8. The highest BCUT2D eigenvalue weighted by atomic mass is 16.5. The van der Waals surface area contributed by atoms with Crippen LogP contribution >= 0.6 is 0 Å². The van der Waals surface area contributed by atoms with Gasteiger partial charge in [0, 0.05) is 29.6 Å². The van der Waals surface area contributed by atoms with E-state index >= 15 is 0 Å². The van der Waals surface area contributed by atoms with Gasteiger partial charge in [0.25, 0.3) is 0 Å². The average molecular weight is 348 g/mol. The lowest BCUT2D eigenvalue weighted by molar-refractivity contribution is 0.307. The van der Waals surface area contributed by atoms with Crippen LogP contribution in [0.1, 0.15) is 34.4 Å². The Balaban J connectivity index is 1.48. The lowest BCUT2D eigenvalue weighted by atomic mass is 9.99. The minimum Gasteiger partial charge on any atom is -0.493 e. The predicted octanol–water partition coefficient (Wildman–Crippen LogP) is 4.48. The van der Waals surface area contributed by atoms with E-state index in [9.17, 15) is 0 Å². The van der Waals surface area contributed by atoms with Crippen molar-refractivity contribution in [3.05, 3.63) is 64.3 Å². The van der Waals surface area contributed by atoms with Gasteiger partial charge in [-0.2, -0.15) is 0 Å². The molecule has 1 aromatic heterocycles. The minimum absolute atomic E-state index is 0.760. The monoisotopic (exact) mass is 348 g/mol. The molecule has 1 aliphatic heterocycles. The van der Waals surface area contributed by atoms with Gasteiger partial charge >= 0.3 is 0 Å². The maximum Gasteiger partial charge on any atom is 0.125 e. The highest BCUT2D eigenvalue weighted by Gasteiger charge is 2.16. The first-order chi connectivity index (χ1) is 12.7. The van der Waals surface area contributed by atoms with Gasteiger partial charge in [0.2, 0.25) is 0 Å². The van der Waals surface area contributed by atoms with E-state index in [0.29, 0.717) is 0 Å². The van der Waals surface area contributed by atoms with E-state index in [1.807, 2.05) is 0 Å². The first-order valence-corrected chi connectivity index (χ1v) is 9.75. The SMILES string of the molecule is Cc1cccc(C)c1OCCCc1cccc2[nH]c3c(c12)CCNCC3. The van der Waals surface area contributed by atoms with E-state index in [4.69, 9.17) is 4.74 Å². The summed E-state index contributed by atoms with van der Waals surface area (Å²) in [6.45, 7) is 7.14. The third-order valence-corrected chi connectivity index (χ3v) is 5.45. The number of aromatic nitrogens is 1. The zero-order chi connectivity index (χ0) is 17.9. The summed E-state index contributed by atoms with van der Waals surface area (Å²) < 4.78 is 6.10. The van der Waals surface area contributed by atoms with Gasteiger partial charge in [0.05, 0.1) is 6.61 Å². The molecule has 2 N–H and O–H groups in total. The number of nitrogens with one attached hydrogen (secondary N) is 2. The highest BCUT2D eigenvalue weighted by Crippen LogP contribution is 2.29. The number of H-pyrrole nitrogens is 1. The van der Waals surface area contributed by atoms with Crippen LogP contribution in [-0.4, -0.2) is 24.7 Å². The Labute approximate surface area is 155 Å². The lowest BCUT2D eigenvalue weighted by Gasteiger charge is -2.12. The summed E-state index contributed by atoms with van der Waals surface area (Å²) in [6, 6.07) is 13.0. The first kappa shape index (κ1) is 17.2. The van der Waals surface area contributed by atoms with Crippen LogP contribution in [0.5, 0.6) is 5.75 Å². The molecule has 1 aliphatic rings. The molecule has 0 bridgehead atoms. The zero-order valence-corrected chi connectivity index (χ0v) is 15.8. The Hall–Kier alpha value is -2.26. The number of ether oxygens (including phenoxy) is 1. The van der Waals surface area contributed by atoms with Gasteiger partial charge in [0.15, 0.2) is 0 Å². The maximum absolute atomic E-state index is 6.10. The molecule has 2 aromatic carbocycles. The normalized spacial score (nSPS) is 14.2. The molecule has 0 fully saturated rings. The molecular weight excluding hydrogens is 320 g/mol. The van der Waals surface area contributed by atoms with Crippen LogP contribution in [0, 0.1) is 13.8 Å². The molecule has 4 rings (SSSR count). The molecule has 136 valence electrons. The van der Waals surface area contributed by atoms with Crippen LogP contribution in [-0.2, 0) is 19.3 Å². The number of benzene rings is 2. The fraction of sp³-hybridized carbons (Fsp3) is 0.391. The summed E-state index contributed by atoms with van der Waals surface area (Å²) in [4.78, 5) is 3.66. The molecule has 3 nitrogen and oxygen atoms in total. The summed E-state index contributed by atoms with van der Waals surface area (Å²) >= 11 is 0. The molecule has 0 atom stereocenters. The highest BCUT2D eigenvalue weighted by molar-refractivity contribution is 5.88. The number of para-hydroxylation sites is 1. The van der Waals surface area contributed by atoms with Gasteiger partial charge in [-0.15, -0.1) is 0 Å². The van der Waals surface area contributed by atoms with Crippen LogP contribution in [0.2, 0.25) is 0 Å². The predicted molar refractivity (Wildman–Crippen MR) is 108 cm³/mol. The van der Waals surface area contributed by atoms with Crippen LogP contribution in [0.3, 0.4) is 0 Å². The lowest BCUT2D eigenvalue weighted by Crippen LogP contribution is -2.16. The number of fused-ring (bicyclic) bond motifs is 3. The summed E-state index contributed by atoms with van der Waals surface area (Å²) in [5.74, 6) is 1.05. The van der Waals surface area contributed by atoms with Gasteiger partial charge in [-0.1, -0.05) is 30.3 Å². The van der Waals surface area contributed by atoms with Gasteiger partial charge in [-0.3, -0.25) is 0 Å². The van der Waals surface area contributed by atoms with E-state index in [2.05, 4.69) is 60.5 Å². The molecule has 0 aliphatic carbocycles. The number of aromatic amines is 1. The summed E-state index contributed by atoms with van der Waals surface area (Å²) in [5.41, 5.74) is 8.13. The third-order valence-electron chi connectivity index (χ3n) is 5.45. The molecule has 3 heteroatoms. The fourth-order valence-corrected chi connectivity index (χ4v) is 4.16. The van der Waals surface area contributed by atoms with E-state index < -0.39 is 0 Å². The van der Waals surface area contributed by atoms with E-state index in [-0.39, 0.29) is 0 Å². The smallest absolute Gasteiger partial charge is 0.125 e. The Morgan fingerprint density at radius 3 is 2.58 bits per heavy atom. The van der Waals surface area contributed by atoms with Crippen molar-refractivity contribution in [3.8, 4) is 5.75 Å². The molecule has 0 unspecified atom stereocenters. The molecule has 0 saturated heterocycles. The standard InChI is InChI=1S/C23H28N2O/c1-16-6-3-7-17(2)23(16)26-15-5-9-18-8-4-10-21-22(18)19-11-13-24-14-12-20(19)25-21/h3-4,6-8,10,24-25H,5,9,11-15H2,1-2H3. The van der Waals surface area contributed by atoms with Crippen molar-refractivity contribution in [2.45, 2.75) is 39.5 Å². The van der Waals surface area contributed by atoms with Crippen molar-refractivity contribution < 1.29 is 4.74 Å². The van der Waals surface area contributed by atoms with Crippen molar-refractivity contribution in [1.82, 2.24) is 10.3 Å². The summed E-state index contributed by atoms with van der Waals surface area (Å²) in [7, 11) is 0. The van der Waals surface area contributed by atoms with Crippen LogP contribution in [0.15, 0.2) is 36.4 Å². The summed E-state index contributed by atoms with van der Waals surface area (Å²) in [5, 5.41) is 4.96. The molecule has 26 heavy (non-hydrogen) atoms. The number of rotatable bonds is 5. The Morgan fingerprint density at radius 1 is 0.962 bits per heavy atom. The Bertz CT molecular complexity index is 890. The Morgan fingerprint density at radius 2 is 1.73 bits per heavy atom. The van der Waals surface area contributed by atoms with Crippen LogP contribution in [0.25, 0.3) is 10.9 Å². The molecule has 0 spiro atoms. The van der Waals surface area contributed by atoms with Crippen molar-refractivity contribution in [3.63, 3.8) is 0 Å². The second-order valence-electron chi connectivity index (χ2n) is 7.34. The van der Waals surface area contributed by atoms with E-state index in [0.717, 1.165) is 51.1 Å². The molecule has 0 amide bonds. The molecule has 2 heterocycles. The van der Waals surface area contributed by atoms with Crippen molar-refractivity contribution >= 4 is 10.9 Å². The van der Waals surface area contributed by atoms with Crippen molar-refractivity contribution in [2.75, 3.05) is 19.7 Å². The van der Waals surface area contributed by atoms with Crippen LogP contribution < -0.4 is 10.1 Å². The number of hydrogen-bond donors (Lipinski definition) is 2. The summed E-state index contributed by atoms with van der Waals surface area (Å²) in [6.07, 6.45) is 4.30. The minimum atomic E-state index is 0.760. The van der Waals surface area contributed by atoms with Crippen molar-refractivity contribution in [2.24, 2.45) is 0 Å². The van der Waals surface area contributed by atoms with Crippen LogP contribution in [0.4, 0.5) is 0 Å². The van der Waals surface area contributed by atoms with Crippen molar-refractivity contribution in [1.29, 1.82) is 0 Å². The molecule has 3 aromatic rings. The second kappa shape index (κ2) is 7.55.